The van der Waals surface area contributed by atoms with E-state index in [9.17, 15) is 0 Å². The molecule has 110 valence electrons. The Morgan fingerprint density at radius 2 is 1.71 bits per heavy atom. The van der Waals surface area contributed by atoms with Gasteiger partial charge in [0.1, 0.15) is 0 Å². The molecule has 0 aliphatic carbocycles. The molecule has 1 aliphatic heterocycles. The minimum Gasteiger partial charge on any atom is -0.356 e. The first-order valence-corrected chi connectivity index (χ1v) is 8.27. The molecule has 3 heteroatoms. The van der Waals surface area contributed by atoms with Gasteiger partial charge in [-0.3, -0.25) is 0 Å². The molecule has 1 aliphatic rings. The van der Waals surface area contributed by atoms with E-state index in [4.69, 9.17) is 4.74 Å². The molecule has 0 aromatic heterocycles. The summed E-state index contributed by atoms with van der Waals surface area (Å²) in [6.45, 7) is 4.40. The van der Waals surface area contributed by atoms with E-state index in [-0.39, 0.29) is 11.8 Å². The third-order valence-electron chi connectivity index (χ3n) is 4.36. The number of rotatable bonds is 3. The number of fused-ring (bicyclic) bond motifs is 1. The van der Waals surface area contributed by atoms with Gasteiger partial charge in [0.25, 0.3) is 0 Å². The van der Waals surface area contributed by atoms with Crippen molar-refractivity contribution in [3.8, 4) is 0 Å². The maximum Gasteiger partial charge on any atom is 0.155 e. The fraction of sp³-hybridized carbons (Fsp3) is 0.333. The summed E-state index contributed by atoms with van der Waals surface area (Å²) in [6.07, 6.45) is 1.83. The predicted molar refractivity (Wildman–Crippen MR) is 90.3 cm³/mol. The quantitative estimate of drug-likeness (QED) is 0.780. The van der Waals surface area contributed by atoms with Crippen LogP contribution in [0.15, 0.2) is 53.0 Å². The number of para-hydroxylation sites is 1. The first-order chi connectivity index (χ1) is 10.2. The van der Waals surface area contributed by atoms with Crippen molar-refractivity contribution in [1.29, 1.82) is 0 Å². The van der Waals surface area contributed by atoms with E-state index in [0.29, 0.717) is 0 Å². The zero-order valence-electron chi connectivity index (χ0n) is 12.4. The lowest BCUT2D eigenvalue weighted by atomic mass is 9.85. The van der Waals surface area contributed by atoms with Crippen LogP contribution in [0.2, 0.25) is 0 Å². The summed E-state index contributed by atoms with van der Waals surface area (Å²) in [5.74, 6) is 0. The molecule has 1 heterocycles. The highest BCUT2D eigenvalue weighted by atomic mass is 79.9. The Morgan fingerprint density at radius 1 is 1.05 bits per heavy atom. The number of anilines is 1. The Kier molecular flexibility index (Phi) is 4.05. The highest BCUT2D eigenvalue weighted by molar-refractivity contribution is 9.10. The van der Waals surface area contributed by atoms with Gasteiger partial charge in [0.2, 0.25) is 0 Å². The van der Waals surface area contributed by atoms with Gasteiger partial charge < -0.3 is 10.1 Å². The molecule has 0 bridgehead atoms. The number of nitrogens with one attached hydrogen (secondary N) is 1. The second-order valence-electron chi connectivity index (χ2n) is 5.44. The summed E-state index contributed by atoms with van der Waals surface area (Å²) in [7, 11) is 0. The molecule has 0 amide bonds. The van der Waals surface area contributed by atoms with Crippen molar-refractivity contribution in [3.05, 3.63) is 64.1 Å². The molecule has 1 N–H and O–H groups in total. The number of hydrogen-bond acceptors (Lipinski definition) is 2. The number of halogens is 1. The fourth-order valence-corrected chi connectivity index (χ4v) is 3.32. The highest BCUT2D eigenvalue weighted by Gasteiger charge is 2.38. The van der Waals surface area contributed by atoms with Crippen LogP contribution in [0.25, 0.3) is 0 Å². The standard InChI is InChI=1S/C18H20BrNO/c1-3-18(4-2)15-7-5-6-8-16(15)20-17(21-18)13-9-11-14(19)12-10-13/h5-12,17,20H,3-4H2,1-2H3/t17-/m1/s1. The molecule has 21 heavy (non-hydrogen) atoms. The van der Waals surface area contributed by atoms with Crippen molar-refractivity contribution in [3.63, 3.8) is 0 Å². The van der Waals surface area contributed by atoms with Crippen LogP contribution in [0.4, 0.5) is 5.69 Å². The van der Waals surface area contributed by atoms with E-state index < -0.39 is 0 Å². The third-order valence-corrected chi connectivity index (χ3v) is 4.89. The van der Waals surface area contributed by atoms with Crippen molar-refractivity contribution in [2.45, 2.75) is 38.5 Å². The maximum atomic E-state index is 6.50. The van der Waals surface area contributed by atoms with Crippen LogP contribution in [0.5, 0.6) is 0 Å². The molecule has 2 nitrogen and oxygen atoms in total. The van der Waals surface area contributed by atoms with Crippen molar-refractivity contribution in [2.75, 3.05) is 5.32 Å². The summed E-state index contributed by atoms with van der Waals surface area (Å²) in [6, 6.07) is 16.8. The summed E-state index contributed by atoms with van der Waals surface area (Å²) in [4.78, 5) is 0. The minimum atomic E-state index is -0.209. The first-order valence-electron chi connectivity index (χ1n) is 7.48. The van der Waals surface area contributed by atoms with Crippen LogP contribution in [0, 0.1) is 0 Å². The molecule has 0 saturated heterocycles. The smallest absolute Gasteiger partial charge is 0.155 e. The lowest BCUT2D eigenvalue weighted by molar-refractivity contribution is -0.103. The molecule has 0 spiro atoms. The van der Waals surface area contributed by atoms with Crippen molar-refractivity contribution < 1.29 is 4.74 Å². The van der Waals surface area contributed by atoms with E-state index in [1.54, 1.807) is 0 Å². The molecule has 0 unspecified atom stereocenters. The summed E-state index contributed by atoms with van der Waals surface area (Å²) in [5, 5.41) is 3.52. The Bertz CT molecular complexity index is 619. The SMILES string of the molecule is CCC1(CC)O[C@H](c2ccc(Br)cc2)Nc2ccccc21. The lowest BCUT2D eigenvalue weighted by Crippen LogP contribution is -2.37. The van der Waals surface area contributed by atoms with E-state index in [1.807, 2.05) is 0 Å². The van der Waals surface area contributed by atoms with Gasteiger partial charge in [-0.05, 0) is 31.0 Å². The van der Waals surface area contributed by atoms with Gasteiger partial charge in [-0.25, -0.2) is 0 Å². The van der Waals surface area contributed by atoms with Gasteiger partial charge in [0, 0.05) is 21.3 Å². The normalized spacial score (nSPS) is 19.7. The summed E-state index contributed by atoms with van der Waals surface area (Å²) < 4.78 is 7.58. The van der Waals surface area contributed by atoms with E-state index in [1.165, 1.54) is 11.3 Å². The maximum absolute atomic E-state index is 6.50. The number of hydrogen-bond donors (Lipinski definition) is 1. The van der Waals surface area contributed by atoms with Crippen LogP contribution in [-0.2, 0) is 10.3 Å². The molecule has 0 radical (unpaired) electrons. The Labute approximate surface area is 134 Å². The van der Waals surface area contributed by atoms with Crippen LogP contribution in [0.1, 0.15) is 44.0 Å². The van der Waals surface area contributed by atoms with Crippen LogP contribution < -0.4 is 5.32 Å². The fourth-order valence-electron chi connectivity index (χ4n) is 3.05. The van der Waals surface area contributed by atoms with Crippen LogP contribution >= 0.6 is 15.9 Å². The molecule has 0 fully saturated rings. The number of benzene rings is 2. The van der Waals surface area contributed by atoms with E-state index in [0.717, 1.165) is 22.9 Å². The zero-order valence-corrected chi connectivity index (χ0v) is 14.0. The molecule has 2 aromatic rings. The molecule has 1 atom stereocenters. The van der Waals surface area contributed by atoms with E-state index >= 15 is 0 Å². The van der Waals surface area contributed by atoms with Crippen molar-refractivity contribution in [1.82, 2.24) is 0 Å². The Balaban J connectivity index is 2.03. The topological polar surface area (TPSA) is 21.3 Å². The van der Waals surface area contributed by atoms with Crippen molar-refractivity contribution >= 4 is 21.6 Å². The van der Waals surface area contributed by atoms with Gasteiger partial charge in [0.05, 0.1) is 5.60 Å². The minimum absolute atomic E-state index is 0.104. The monoisotopic (exact) mass is 345 g/mol. The van der Waals surface area contributed by atoms with Gasteiger partial charge in [-0.1, -0.05) is 60.1 Å². The molecule has 2 aromatic carbocycles. The Hall–Kier alpha value is -1.32. The molecular weight excluding hydrogens is 326 g/mol. The highest BCUT2D eigenvalue weighted by Crippen LogP contribution is 2.45. The lowest BCUT2D eigenvalue weighted by Gasteiger charge is -2.43. The second kappa shape index (κ2) is 5.82. The number of ether oxygens (including phenoxy) is 1. The molecule has 3 rings (SSSR count). The van der Waals surface area contributed by atoms with E-state index in [2.05, 4.69) is 83.6 Å². The third kappa shape index (κ3) is 2.60. The van der Waals surface area contributed by atoms with Crippen LogP contribution in [0.3, 0.4) is 0 Å². The first kappa shape index (κ1) is 14.6. The Morgan fingerprint density at radius 3 is 2.38 bits per heavy atom. The zero-order chi connectivity index (χ0) is 14.9. The summed E-state index contributed by atoms with van der Waals surface area (Å²) >= 11 is 3.48. The summed E-state index contributed by atoms with van der Waals surface area (Å²) in [5.41, 5.74) is 3.39. The molecule has 0 saturated carbocycles. The molecular formula is C18H20BrNO. The average molecular weight is 346 g/mol. The largest absolute Gasteiger partial charge is 0.356 e. The van der Waals surface area contributed by atoms with Crippen molar-refractivity contribution in [2.24, 2.45) is 0 Å². The van der Waals surface area contributed by atoms with Gasteiger partial charge in [-0.2, -0.15) is 0 Å². The van der Waals surface area contributed by atoms with Crippen LogP contribution in [-0.4, -0.2) is 0 Å². The van der Waals surface area contributed by atoms with Gasteiger partial charge in [0.15, 0.2) is 6.23 Å². The van der Waals surface area contributed by atoms with Gasteiger partial charge >= 0.3 is 0 Å². The predicted octanol–water partition coefficient (Wildman–Crippen LogP) is 5.61. The van der Waals surface area contributed by atoms with Gasteiger partial charge in [-0.15, -0.1) is 0 Å². The second-order valence-corrected chi connectivity index (χ2v) is 6.36. The average Bonchev–Trinajstić information content (AvgIpc) is 2.54.